The van der Waals surface area contributed by atoms with Crippen molar-refractivity contribution < 1.29 is 14.6 Å². The zero-order chi connectivity index (χ0) is 20.1. The summed E-state index contributed by atoms with van der Waals surface area (Å²) in [5.74, 6) is 1.22. The van der Waals surface area contributed by atoms with Crippen LogP contribution in [0.2, 0.25) is 5.02 Å². The number of phenolic OH excluding ortho intramolecular Hbond substituents is 1. The van der Waals surface area contributed by atoms with E-state index in [4.69, 9.17) is 16.3 Å². The van der Waals surface area contributed by atoms with Crippen LogP contribution in [0.4, 0.5) is 5.69 Å². The van der Waals surface area contributed by atoms with Crippen molar-refractivity contribution in [3.05, 3.63) is 58.9 Å². The summed E-state index contributed by atoms with van der Waals surface area (Å²) in [6.45, 7) is 2.25. The number of halogens is 1. The smallest absolute Gasteiger partial charge is 0.234 e. The van der Waals surface area contributed by atoms with Crippen molar-refractivity contribution in [1.82, 2.24) is 14.8 Å². The summed E-state index contributed by atoms with van der Waals surface area (Å²) in [6, 6.07) is 12.2. The molecule has 1 amide bonds. The molecule has 3 rings (SSSR count). The predicted molar refractivity (Wildman–Crippen MR) is 109 cm³/mol. The number of para-hydroxylation sites is 1. The van der Waals surface area contributed by atoms with Crippen LogP contribution in [-0.2, 0) is 18.4 Å². The van der Waals surface area contributed by atoms with Crippen LogP contribution in [0, 0.1) is 6.92 Å². The van der Waals surface area contributed by atoms with Gasteiger partial charge in [-0.05, 0) is 36.8 Å². The molecule has 0 fully saturated rings. The Morgan fingerprint density at radius 1 is 1.29 bits per heavy atom. The molecule has 7 nitrogen and oxygen atoms in total. The monoisotopic (exact) mass is 418 g/mol. The SMILES string of the molecule is Cc1ccccc1OCc1nnc(SCC(=O)Nc2cc(Cl)ccc2O)n1C. The van der Waals surface area contributed by atoms with E-state index in [-0.39, 0.29) is 29.7 Å². The van der Waals surface area contributed by atoms with Gasteiger partial charge in [0.05, 0.1) is 11.4 Å². The van der Waals surface area contributed by atoms with Gasteiger partial charge in [-0.1, -0.05) is 41.6 Å². The fraction of sp³-hybridized carbons (Fsp3) is 0.211. The molecule has 2 aromatic carbocycles. The molecule has 0 saturated carbocycles. The second kappa shape index (κ2) is 8.99. The molecule has 146 valence electrons. The molecule has 0 bridgehead atoms. The van der Waals surface area contributed by atoms with Crippen LogP contribution < -0.4 is 10.1 Å². The molecule has 0 atom stereocenters. The number of rotatable bonds is 7. The summed E-state index contributed by atoms with van der Waals surface area (Å²) < 4.78 is 7.58. The molecule has 0 spiro atoms. The number of carbonyl (C=O) groups is 1. The number of hydrogen-bond donors (Lipinski definition) is 2. The third kappa shape index (κ3) is 4.96. The van der Waals surface area contributed by atoms with Crippen molar-refractivity contribution in [1.29, 1.82) is 0 Å². The first-order chi connectivity index (χ1) is 13.4. The van der Waals surface area contributed by atoms with Gasteiger partial charge in [0, 0.05) is 12.1 Å². The molecule has 1 heterocycles. The number of amides is 1. The summed E-state index contributed by atoms with van der Waals surface area (Å²) in [5, 5.41) is 21.6. The number of aromatic hydroxyl groups is 1. The van der Waals surface area contributed by atoms with Crippen molar-refractivity contribution >= 4 is 35.0 Å². The number of aromatic nitrogens is 3. The molecule has 28 heavy (non-hydrogen) atoms. The number of anilines is 1. The molecular weight excluding hydrogens is 400 g/mol. The van der Waals surface area contributed by atoms with E-state index in [0.29, 0.717) is 16.0 Å². The Kier molecular flexibility index (Phi) is 6.43. The van der Waals surface area contributed by atoms with E-state index in [9.17, 15) is 9.90 Å². The number of hydrogen-bond acceptors (Lipinski definition) is 6. The molecule has 1 aromatic heterocycles. The number of phenols is 1. The topological polar surface area (TPSA) is 89.3 Å². The average molecular weight is 419 g/mol. The van der Waals surface area contributed by atoms with E-state index in [2.05, 4.69) is 15.5 Å². The van der Waals surface area contributed by atoms with Gasteiger partial charge in [0.15, 0.2) is 11.0 Å². The molecule has 0 aliphatic rings. The van der Waals surface area contributed by atoms with Gasteiger partial charge in [-0.15, -0.1) is 10.2 Å². The van der Waals surface area contributed by atoms with Crippen molar-refractivity contribution in [2.24, 2.45) is 7.05 Å². The summed E-state index contributed by atoms with van der Waals surface area (Å²) >= 11 is 7.12. The van der Waals surface area contributed by atoms with Gasteiger partial charge in [0.25, 0.3) is 0 Å². The largest absolute Gasteiger partial charge is 0.506 e. The molecule has 0 aliphatic carbocycles. The second-order valence-corrected chi connectivity index (χ2v) is 7.39. The number of nitrogens with one attached hydrogen (secondary N) is 1. The first-order valence-corrected chi connectivity index (χ1v) is 9.78. The molecule has 0 radical (unpaired) electrons. The van der Waals surface area contributed by atoms with E-state index in [1.54, 1.807) is 10.6 Å². The number of benzene rings is 2. The van der Waals surface area contributed by atoms with Crippen molar-refractivity contribution in [3.63, 3.8) is 0 Å². The highest BCUT2D eigenvalue weighted by Gasteiger charge is 2.13. The Morgan fingerprint density at radius 2 is 2.07 bits per heavy atom. The van der Waals surface area contributed by atoms with Gasteiger partial charge in [-0.3, -0.25) is 4.79 Å². The van der Waals surface area contributed by atoms with E-state index < -0.39 is 0 Å². The minimum absolute atomic E-state index is 0.0444. The van der Waals surface area contributed by atoms with Gasteiger partial charge in [0.2, 0.25) is 5.91 Å². The van der Waals surface area contributed by atoms with E-state index in [0.717, 1.165) is 11.3 Å². The third-order valence-corrected chi connectivity index (χ3v) is 5.20. The van der Waals surface area contributed by atoms with Crippen LogP contribution in [0.25, 0.3) is 0 Å². The van der Waals surface area contributed by atoms with Crippen LogP contribution in [0.3, 0.4) is 0 Å². The Morgan fingerprint density at radius 3 is 2.86 bits per heavy atom. The average Bonchev–Trinajstić information content (AvgIpc) is 3.02. The molecule has 3 aromatic rings. The number of carbonyl (C=O) groups excluding carboxylic acids is 1. The van der Waals surface area contributed by atoms with Gasteiger partial charge in [-0.25, -0.2) is 0 Å². The normalized spacial score (nSPS) is 10.7. The molecule has 2 N–H and O–H groups in total. The third-order valence-electron chi connectivity index (χ3n) is 3.94. The minimum atomic E-state index is -0.289. The van der Waals surface area contributed by atoms with Crippen LogP contribution in [0.15, 0.2) is 47.6 Å². The lowest BCUT2D eigenvalue weighted by Crippen LogP contribution is -2.14. The number of thioether (sulfide) groups is 1. The maximum Gasteiger partial charge on any atom is 0.234 e. The lowest BCUT2D eigenvalue weighted by molar-refractivity contribution is -0.113. The highest BCUT2D eigenvalue weighted by molar-refractivity contribution is 7.99. The summed E-state index contributed by atoms with van der Waals surface area (Å²) in [6.07, 6.45) is 0. The highest BCUT2D eigenvalue weighted by atomic mass is 35.5. The quantitative estimate of drug-likeness (QED) is 0.448. The predicted octanol–water partition coefficient (Wildman–Crippen LogP) is 3.79. The van der Waals surface area contributed by atoms with Gasteiger partial charge >= 0.3 is 0 Å². The summed E-state index contributed by atoms with van der Waals surface area (Å²) in [7, 11) is 1.82. The maximum atomic E-state index is 12.1. The number of nitrogens with zero attached hydrogens (tertiary/aromatic N) is 3. The zero-order valence-corrected chi connectivity index (χ0v) is 16.9. The number of ether oxygens (including phenoxy) is 1. The minimum Gasteiger partial charge on any atom is -0.506 e. The molecule has 0 saturated heterocycles. The van der Waals surface area contributed by atoms with Crippen molar-refractivity contribution in [3.8, 4) is 11.5 Å². The summed E-state index contributed by atoms with van der Waals surface area (Å²) in [5.41, 5.74) is 1.31. The Labute approximate surface area is 171 Å². The lowest BCUT2D eigenvalue weighted by Gasteiger charge is -2.09. The van der Waals surface area contributed by atoms with Gasteiger partial charge < -0.3 is 19.7 Å². The molecule has 0 aliphatic heterocycles. The van der Waals surface area contributed by atoms with Crippen molar-refractivity contribution in [2.45, 2.75) is 18.7 Å². The summed E-state index contributed by atoms with van der Waals surface area (Å²) in [4.78, 5) is 12.1. The standard InChI is InChI=1S/C19H19ClN4O3S/c1-12-5-3-4-6-16(12)27-10-17-22-23-19(24(17)2)28-11-18(26)21-14-9-13(20)7-8-15(14)25/h3-9,25H,10-11H2,1-2H3,(H,21,26). The first-order valence-electron chi connectivity index (χ1n) is 8.42. The first kappa shape index (κ1) is 20.0. The second-order valence-electron chi connectivity index (χ2n) is 6.01. The fourth-order valence-corrected chi connectivity index (χ4v) is 3.28. The van der Waals surface area contributed by atoms with Crippen LogP contribution in [-0.4, -0.2) is 31.5 Å². The maximum absolute atomic E-state index is 12.1. The zero-order valence-electron chi connectivity index (χ0n) is 15.3. The van der Waals surface area contributed by atoms with Crippen LogP contribution in [0.5, 0.6) is 11.5 Å². The van der Waals surface area contributed by atoms with E-state index in [1.807, 2.05) is 38.2 Å². The highest BCUT2D eigenvalue weighted by Crippen LogP contribution is 2.27. The lowest BCUT2D eigenvalue weighted by atomic mass is 10.2. The molecule has 0 unspecified atom stereocenters. The van der Waals surface area contributed by atoms with Crippen LogP contribution in [0.1, 0.15) is 11.4 Å². The Balaban J connectivity index is 1.56. The van der Waals surface area contributed by atoms with E-state index in [1.165, 1.54) is 23.9 Å². The molecule has 9 heteroatoms. The molecular formula is C19H19ClN4O3S. The fourth-order valence-electron chi connectivity index (χ4n) is 2.38. The van der Waals surface area contributed by atoms with Gasteiger partial charge in [0.1, 0.15) is 18.1 Å². The Hall–Kier alpha value is -2.71. The Bertz CT molecular complexity index is 993. The van der Waals surface area contributed by atoms with Crippen LogP contribution >= 0.6 is 23.4 Å². The van der Waals surface area contributed by atoms with Gasteiger partial charge in [-0.2, -0.15) is 0 Å². The van der Waals surface area contributed by atoms with E-state index >= 15 is 0 Å². The van der Waals surface area contributed by atoms with Crippen molar-refractivity contribution in [2.75, 3.05) is 11.1 Å². The number of aryl methyl sites for hydroxylation is 1.